The van der Waals surface area contributed by atoms with Crippen molar-refractivity contribution in [2.24, 2.45) is 5.73 Å². The van der Waals surface area contributed by atoms with Gasteiger partial charge in [-0.1, -0.05) is 47.5 Å². The molecule has 0 fully saturated rings. The maximum Gasteiger partial charge on any atom is 0.126 e. The van der Waals surface area contributed by atoms with Gasteiger partial charge in [-0.2, -0.15) is 0 Å². The average molecular weight is 515 g/mol. The van der Waals surface area contributed by atoms with E-state index in [0.717, 1.165) is 40.6 Å². The number of hydrogen-bond acceptors (Lipinski definition) is 6. The van der Waals surface area contributed by atoms with Gasteiger partial charge in [0.2, 0.25) is 0 Å². The summed E-state index contributed by atoms with van der Waals surface area (Å²) in [4.78, 5) is 6.76. The second-order valence-electron chi connectivity index (χ2n) is 8.70. The molecule has 0 radical (unpaired) electrons. The SMILES string of the molecule is CN1Cc2c(Cl)cc(Cl)cc2C(c2cccc(-c3ccnc(NCCOCCOCCN)c3)c2)C1. The predicted molar refractivity (Wildman–Crippen MR) is 143 cm³/mol. The quantitative estimate of drug-likeness (QED) is 0.349. The van der Waals surface area contributed by atoms with Gasteiger partial charge in [-0.05, 0) is 59.1 Å². The fourth-order valence-electron chi connectivity index (χ4n) is 4.43. The van der Waals surface area contributed by atoms with Crippen molar-refractivity contribution in [2.45, 2.75) is 12.5 Å². The number of ether oxygens (including phenoxy) is 2. The van der Waals surface area contributed by atoms with E-state index in [1.165, 1.54) is 11.1 Å². The van der Waals surface area contributed by atoms with E-state index in [4.69, 9.17) is 38.4 Å². The molecule has 1 aliphatic heterocycles. The Kier molecular flexibility index (Phi) is 9.38. The maximum absolute atomic E-state index is 6.56. The minimum atomic E-state index is 0.199. The molecule has 0 aliphatic carbocycles. The summed E-state index contributed by atoms with van der Waals surface area (Å²) < 4.78 is 10.9. The molecule has 6 nitrogen and oxygen atoms in total. The molecule has 0 amide bonds. The molecule has 1 atom stereocenters. The molecular formula is C27H32Cl2N4O2. The van der Waals surface area contributed by atoms with Crippen LogP contribution < -0.4 is 11.1 Å². The summed E-state index contributed by atoms with van der Waals surface area (Å²) in [6, 6.07) is 16.7. The summed E-state index contributed by atoms with van der Waals surface area (Å²) in [5.41, 5.74) is 11.3. The van der Waals surface area contributed by atoms with Crippen LogP contribution in [0.3, 0.4) is 0 Å². The summed E-state index contributed by atoms with van der Waals surface area (Å²) >= 11 is 12.9. The van der Waals surface area contributed by atoms with E-state index in [2.05, 4.69) is 58.6 Å². The first kappa shape index (κ1) is 25.9. The van der Waals surface area contributed by atoms with Crippen molar-refractivity contribution >= 4 is 29.0 Å². The number of anilines is 1. The maximum atomic E-state index is 6.56. The highest BCUT2D eigenvalue weighted by molar-refractivity contribution is 6.35. The number of pyridine rings is 1. The van der Waals surface area contributed by atoms with Crippen LogP contribution in [0.4, 0.5) is 5.82 Å². The highest BCUT2D eigenvalue weighted by Gasteiger charge is 2.27. The molecular weight excluding hydrogens is 483 g/mol. The third kappa shape index (κ3) is 6.94. The molecule has 8 heteroatoms. The van der Waals surface area contributed by atoms with Gasteiger partial charge in [-0.3, -0.25) is 0 Å². The van der Waals surface area contributed by atoms with Gasteiger partial charge in [0, 0.05) is 48.3 Å². The fraction of sp³-hybridized carbons (Fsp3) is 0.370. The molecule has 2 heterocycles. The van der Waals surface area contributed by atoms with Gasteiger partial charge in [-0.15, -0.1) is 0 Å². The Labute approximate surface area is 217 Å². The molecule has 1 unspecified atom stereocenters. The molecule has 186 valence electrons. The van der Waals surface area contributed by atoms with Crippen molar-refractivity contribution in [1.82, 2.24) is 9.88 Å². The number of nitrogens with one attached hydrogen (secondary N) is 1. The van der Waals surface area contributed by atoms with Crippen molar-refractivity contribution < 1.29 is 9.47 Å². The van der Waals surface area contributed by atoms with Gasteiger partial charge in [0.25, 0.3) is 0 Å². The molecule has 4 rings (SSSR count). The number of aromatic nitrogens is 1. The fourth-order valence-corrected chi connectivity index (χ4v) is 5.00. The molecule has 0 spiro atoms. The normalized spacial score (nSPS) is 15.7. The number of nitrogens with zero attached hydrogens (tertiary/aromatic N) is 2. The third-order valence-corrected chi connectivity index (χ3v) is 6.62. The lowest BCUT2D eigenvalue weighted by molar-refractivity contribution is 0.0547. The molecule has 35 heavy (non-hydrogen) atoms. The number of rotatable bonds is 11. The van der Waals surface area contributed by atoms with E-state index < -0.39 is 0 Å². The predicted octanol–water partition coefficient (Wildman–Crippen LogP) is 5.04. The monoisotopic (exact) mass is 514 g/mol. The average Bonchev–Trinajstić information content (AvgIpc) is 2.86. The van der Waals surface area contributed by atoms with E-state index >= 15 is 0 Å². The van der Waals surface area contributed by atoms with Crippen molar-refractivity contribution in [3.8, 4) is 11.1 Å². The van der Waals surface area contributed by atoms with Gasteiger partial charge >= 0.3 is 0 Å². The zero-order valence-electron chi connectivity index (χ0n) is 20.0. The Balaban J connectivity index is 1.45. The van der Waals surface area contributed by atoms with E-state index in [0.29, 0.717) is 44.5 Å². The zero-order chi connectivity index (χ0) is 24.6. The molecule has 1 aromatic heterocycles. The van der Waals surface area contributed by atoms with Crippen molar-refractivity contribution in [3.05, 3.63) is 81.5 Å². The van der Waals surface area contributed by atoms with Crippen molar-refractivity contribution in [3.63, 3.8) is 0 Å². The number of fused-ring (bicyclic) bond motifs is 1. The van der Waals surface area contributed by atoms with Gasteiger partial charge in [0.1, 0.15) is 5.82 Å². The number of benzene rings is 2. The summed E-state index contributed by atoms with van der Waals surface area (Å²) in [5.74, 6) is 1.02. The van der Waals surface area contributed by atoms with Crippen LogP contribution in [0.25, 0.3) is 11.1 Å². The Bertz CT molecular complexity index is 1130. The van der Waals surface area contributed by atoms with E-state index in [9.17, 15) is 0 Å². The second-order valence-corrected chi connectivity index (χ2v) is 9.54. The van der Waals surface area contributed by atoms with E-state index in [-0.39, 0.29) is 5.92 Å². The first-order valence-electron chi connectivity index (χ1n) is 11.9. The molecule has 1 aliphatic rings. The number of nitrogens with two attached hydrogens (primary N) is 1. The standard InChI is InChI=1S/C27H32Cl2N4O2/c1-33-17-24(23-15-22(28)16-26(29)25(23)18-33)21-4-2-3-19(13-21)20-5-7-31-27(14-20)32-8-10-35-12-11-34-9-6-30/h2-5,7,13-16,24H,6,8-12,17-18,30H2,1H3,(H,31,32). The van der Waals surface area contributed by atoms with E-state index in [1.54, 1.807) is 0 Å². The molecule has 0 saturated carbocycles. The summed E-state index contributed by atoms with van der Waals surface area (Å²) in [6.07, 6.45) is 1.83. The third-order valence-electron chi connectivity index (χ3n) is 6.06. The largest absolute Gasteiger partial charge is 0.378 e. The van der Waals surface area contributed by atoms with E-state index in [1.807, 2.05) is 18.3 Å². The van der Waals surface area contributed by atoms with Gasteiger partial charge in [0.05, 0.1) is 26.4 Å². The first-order valence-corrected chi connectivity index (χ1v) is 12.6. The molecule has 0 bridgehead atoms. The smallest absolute Gasteiger partial charge is 0.126 e. The van der Waals surface area contributed by atoms with Crippen LogP contribution in [-0.4, -0.2) is 63.0 Å². The van der Waals surface area contributed by atoms with Crippen LogP contribution >= 0.6 is 23.2 Å². The van der Waals surface area contributed by atoms with Gasteiger partial charge < -0.3 is 25.4 Å². The molecule has 0 saturated heterocycles. The summed E-state index contributed by atoms with van der Waals surface area (Å²) in [5, 5.41) is 4.74. The molecule has 3 N–H and O–H groups in total. The van der Waals surface area contributed by atoms with Crippen molar-refractivity contribution in [2.75, 3.05) is 58.4 Å². The van der Waals surface area contributed by atoms with Gasteiger partial charge in [-0.25, -0.2) is 4.98 Å². The highest BCUT2D eigenvalue weighted by Crippen LogP contribution is 2.39. The van der Waals surface area contributed by atoms with Gasteiger partial charge in [0.15, 0.2) is 0 Å². The lowest BCUT2D eigenvalue weighted by Gasteiger charge is -2.33. The topological polar surface area (TPSA) is 72.6 Å². The highest BCUT2D eigenvalue weighted by atomic mass is 35.5. The first-order chi connectivity index (χ1) is 17.0. The van der Waals surface area contributed by atoms with Crippen molar-refractivity contribution in [1.29, 1.82) is 0 Å². The Hall–Kier alpha value is -2.19. The Morgan fingerprint density at radius 3 is 2.66 bits per heavy atom. The van der Waals surface area contributed by atoms with Crippen LogP contribution in [-0.2, 0) is 16.0 Å². The lowest BCUT2D eigenvalue weighted by Crippen LogP contribution is -2.31. The number of halogens is 2. The second kappa shape index (κ2) is 12.7. The van der Waals surface area contributed by atoms with Crippen LogP contribution in [0.15, 0.2) is 54.7 Å². The Morgan fingerprint density at radius 1 is 1.03 bits per heavy atom. The number of hydrogen-bond donors (Lipinski definition) is 2. The zero-order valence-corrected chi connectivity index (χ0v) is 21.5. The van der Waals surface area contributed by atoms with Crippen LogP contribution in [0.5, 0.6) is 0 Å². The molecule has 3 aromatic rings. The minimum Gasteiger partial charge on any atom is -0.378 e. The summed E-state index contributed by atoms with van der Waals surface area (Å²) in [6.45, 7) is 5.18. The van der Waals surface area contributed by atoms with Crippen LogP contribution in [0, 0.1) is 0 Å². The minimum absolute atomic E-state index is 0.199. The summed E-state index contributed by atoms with van der Waals surface area (Å²) in [7, 11) is 2.13. The Morgan fingerprint density at radius 2 is 1.83 bits per heavy atom. The molecule has 2 aromatic carbocycles. The van der Waals surface area contributed by atoms with Crippen LogP contribution in [0.2, 0.25) is 10.0 Å². The lowest BCUT2D eigenvalue weighted by atomic mass is 9.84. The number of likely N-dealkylation sites (N-methyl/N-ethyl adjacent to an activating group) is 1. The van der Waals surface area contributed by atoms with Crippen LogP contribution in [0.1, 0.15) is 22.6 Å².